The number of nitrogens with zero attached hydrogens (tertiary/aromatic N) is 1. The third-order valence-electron chi connectivity index (χ3n) is 2.60. The van der Waals surface area contributed by atoms with Gasteiger partial charge >= 0.3 is 5.97 Å². The molecule has 1 rings (SSSR count). The molecule has 3 N–H and O–H groups in total. The molecule has 0 bridgehead atoms. The molecule has 0 radical (unpaired) electrons. The summed E-state index contributed by atoms with van der Waals surface area (Å²) in [6.07, 6.45) is 0.539. The van der Waals surface area contributed by atoms with Gasteiger partial charge in [0.2, 0.25) is 5.91 Å². The van der Waals surface area contributed by atoms with Crippen LogP contribution in [-0.2, 0) is 16.0 Å². The summed E-state index contributed by atoms with van der Waals surface area (Å²) in [5.74, 6) is -1.04. The Morgan fingerprint density at radius 2 is 2.11 bits per heavy atom. The van der Waals surface area contributed by atoms with Gasteiger partial charge in [-0.25, -0.2) is 4.79 Å². The van der Waals surface area contributed by atoms with E-state index < -0.39 is 24.5 Å². The molecule has 0 fully saturated rings. The van der Waals surface area contributed by atoms with Crippen molar-refractivity contribution < 1.29 is 24.3 Å². The van der Waals surface area contributed by atoms with Crippen molar-refractivity contribution in [3.05, 3.63) is 17.0 Å². The van der Waals surface area contributed by atoms with Crippen molar-refractivity contribution in [1.29, 1.82) is 0 Å². The zero-order valence-corrected chi connectivity index (χ0v) is 10.3. The van der Waals surface area contributed by atoms with Crippen LogP contribution in [0.2, 0.25) is 0 Å². The lowest BCUT2D eigenvalue weighted by molar-refractivity contribution is -0.142. The Morgan fingerprint density at radius 3 is 2.56 bits per heavy atom. The molecule has 0 aliphatic rings. The Kier molecular flexibility index (Phi) is 4.85. The first-order valence-electron chi connectivity index (χ1n) is 5.50. The van der Waals surface area contributed by atoms with Crippen molar-refractivity contribution in [2.75, 3.05) is 6.61 Å². The van der Waals surface area contributed by atoms with Crippen LogP contribution in [-0.4, -0.2) is 39.9 Å². The highest BCUT2D eigenvalue weighted by molar-refractivity contribution is 5.83. The second-order valence-electron chi connectivity index (χ2n) is 3.94. The van der Waals surface area contributed by atoms with E-state index in [4.69, 9.17) is 14.7 Å². The molecule has 7 nitrogen and oxygen atoms in total. The van der Waals surface area contributed by atoms with Gasteiger partial charge in [0.1, 0.15) is 11.8 Å². The first kappa shape index (κ1) is 14.2. The van der Waals surface area contributed by atoms with E-state index in [-0.39, 0.29) is 6.42 Å². The van der Waals surface area contributed by atoms with E-state index in [0.717, 1.165) is 11.3 Å². The van der Waals surface area contributed by atoms with E-state index in [9.17, 15) is 9.59 Å². The second-order valence-corrected chi connectivity index (χ2v) is 3.94. The summed E-state index contributed by atoms with van der Waals surface area (Å²) in [7, 11) is 0. The number of aliphatic carboxylic acids is 1. The van der Waals surface area contributed by atoms with Crippen LogP contribution >= 0.6 is 0 Å². The third-order valence-corrected chi connectivity index (χ3v) is 2.60. The van der Waals surface area contributed by atoms with Gasteiger partial charge < -0.3 is 20.1 Å². The van der Waals surface area contributed by atoms with E-state index in [0.29, 0.717) is 12.2 Å². The van der Waals surface area contributed by atoms with Crippen LogP contribution < -0.4 is 5.32 Å². The number of carbonyl (C=O) groups excluding carboxylic acids is 1. The molecule has 0 unspecified atom stereocenters. The minimum Gasteiger partial charge on any atom is -0.480 e. The number of carboxylic acid groups (broad SMARTS) is 1. The molecule has 1 amide bonds. The molecule has 0 aliphatic heterocycles. The van der Waals surface area contributed by atoms with Crippen LogP contribution in [0.25, 0.3) is 0 Å². The summed E-state index contributed by atoms with van der Waals surface area (Å²) in [5.41, 5.74) is 1.57. The Hall–Kier alpha value is -1.89. The average molecular weight is 256 g/mol. The molecule has 1 heterocycles. The van der Waals surface area contributed by atoms with Crippen molar-refractivity contribution in [2.24, 2.45) is 0 Å². The van der Waals surface area contributed by atoms with Gasteiger partial charge in [0.15, 0.2) is 0 Å². The number of hydrogen-bond donors (Lipinski definition) is 3. The monoisotopic (exact) mass is 256 g/mol. The maximum absolute atomic E-state index is 11.5. The maximum atomic E-state index is 11.5. The molecule has 1 aromatic rings. The van der Waals surface area contributed by atoms with Crippen molar-refractivity contribution in [2.45, 2.75) is 32.7 Å². The normalized spacial score (nSPS) is 12.2. The van der Waals surface area contributed by atoms with E-state index in [2.05, 4.69) is 10.5 Å². The van der Waals surface area contributed by atoms with E-state index in [1.165, 1.54) is 0 Å². The van der Waals surface area contributed by atoms with Crippen molar-refractivity contribution >= 4 is 11.9 Å². The van der Waals surface area contributed by atoms with Gasteiger partial charge in [-0.05, 0) is 20.3 Å². The van der Waals surface area contributed by atoms with Crippen molar-refractivity contribution in [1.82, 2.24) is 10.5 Å². The minimum atomic E-state index is -1.26. The van der Waals surface area contributed by atoms with Crippen molar-refractivity contribution in [3.8, 4) is 0 Å². The minimum absolute atomic E-state index is 0.118. The number of aromatic nitrogens is 1. The molecule has 100 valence electrons. The topological polar surface area (TPSA) is 113 Å². The summed E-state index contributed by atoms with van der Waals surface area (Å²) >= 11 is 0. The molecule has 18 heavy (non-hydrogen) atoms. The molecule has 7 heteroatoms. The molecule has 0 saturated carbocycles. The van der Waals surface area contributed by atoms with Crippen LogP contribution in [0.15, 0.2) is 4.52 Å². The van der Waals surface area contributed by atoms with Crippen LogP contribution in [0.1, 0.15) is 23.4 Å². The number of hydrogen-bond acceptors (Lipinski definition) is 5. The summed E-state index contributed by atoms with van der Waals surface area (Å²) < 4.78 is 4.95. The lowest BCUT2D eigenvalue weighted by Crippen LogP contribution is -2.43. The summed E-state index contributed by atoms with van der Waals surface area (Å²) in [5, 5.41) is 23.4. The summed E-state index contributed by atoms with van der Waals surface area (Å²) in [6.45, 7) is 2.89. The predicted octanol–water partition coefficient (Wildman–Crippen LogP) is -0.214. The van der Waals surface area contributed by atoms with E-state index in [1.807, 2.05) is 0 Å². The van der Waals surface area contributed by atoms with Crippen LogP contribution in [0.5, 0.6) is 0 Å². The van der Waals surface area contributed by atoms with Gasteiger partial charge in [0, 0.05) is 12.0 Å². The number of nitrogens with one attached hydrogen (secondary N) is 1. The number of rotatable bonds is 6. The van der Waals surface area contributed by atoms with Crippen LogP contribution in [0.4, 0.5) is 0 Å². The lowest BCUT2D eigenvalue weighted by Gasteiger charge is -2.11. The van der Waals surface area contributed by atoms with Gasteiger partial charge in [-0.15, -0.1) is 0 Å². The van der Waals surface area contributed by atoms with Crippen LogP contribution in [0, 0.1) is 13.8 Å². The molecular weight excluding hydrogens is 240 g/mol. The van der Waals surface area contributed by atoms with Gasteiger partial charge in [0.25, 0.3) is 0 Å². The summed E-state index contributed by atoms with van der Waals surface area (Å²) in [4.78, 5) is 22.1. The van der Waals surface area contributed by atoms with Gasteiger partial charge in [-0.3, -0.25) is 4.79 Å². The number of amides is 1. The summed E-state index contributed by atoms with van der Waals surface area (Å²) in [6, 6.07) is -1.26. The average Bonchev–Trinajstić information content (AvgIpc) is 2.63. The highest BCUT2D eigenvalue weighted by Crippen LogP contribution is 2.14. The smallest absolute Gasteiger partial charge is 0.328 e. The molecular formula is C11H16N2O5. The highest BCUT2D eigenvalue weighted by Gasteiger charge is 2.19. The fourth-order valence-corrected chi connectivity index (χ4v) is 1.55. The number of aliphatic hydroxyl groups excluding tert-OH is 1. The highest BCUT2D eigenvalue weighted by atomic mass is 16.5. The zero-order chi connectivity index (χ0) is 13.7. The van der Waals surface area contributed by atoms with E-state index in [1.54, 1.807) is 13.8 Å². The van der Waals surface area contributed by atoms with Crippen LogP contribution in [0.3, 0.4) is 0 Å². The lowest BCUT2D eigenvalue weighted by atomic mass is 10.1. The SMILES string of the molecule is Cc1noc(C)c1CCC(=O)N[C@H](CO)C(=O)O. The molecule has 0 spiro atoms. The largest absolute Gasteiger partial charge is 0.480 e. The number of carbonyl (C=O) groups is 2. The Labute approximate surface area is 104 Å². The van der Waals surface area contributed by atoms with Gasteiger partial charge in [0.05, 0.1) is 12.3 Å². The maximum Gasteiger partial charge on any atom is 0.328 e. The van der Waals surface area contributed by atoms with Gasteiger partial charge in [-0.2, -0.15) is 0 Å². The Bertz CT molecular complexity index is 421. The van der Waals surface area contributed by atoms with E-state index >= 15 is 0 Å². The molecule has 1 atom stereocenters. The number of aryl methyl sites for hydroxylation is 2. The molecule has 0 aliphatic carbocycles. The number of carboxylic acids is 1. The quantitative estimate of drug-likeness (QED) is 0.649. The Morgan fingerprint density at radius 1 is 1.44 bits per heavy atom. The number of aliphatic hydroxyl groups is 1. The third kappa shape index (κ3) is 3.56. The molecule has 0 saturated heterocycles. The first-order valence-corrected chi connectivity index (χ1v) is 5.50. The Balaban J connectivity index is 2.49. The molecule has 0 aromatic carbocycles. The fraction of sp³-hybridized carbons (Fsp3) is 0.545. The first-order chi connectivity index (χ1) is 8.45. The zero-order valence-electron chi connectivity index (χ0n) is 10.3. The second kappa shape index (κ2) is 6.15. The van der Waals surface area contributed by atoms with Gasteiger partial charge in [-0.1, -0.05) is 5.16 Å². The standard InChI is InChI=1S/C11H16N2O5/c1-6-8(7(2)18-13-6)3-4-10(15)12-9(5-14)11(16)17/h9,14H,3-5H2,1-2H3,(H,12,15)(H,16,17)/t9-/m1/s1. The van der Waals surface area contributed by atoms with Crippen molar-refractivity contribution in [3.63, 3.8) is 0 Å². The molecule has 1 aromatic heterocycles. The predicted molar refractivity (Wildman–Crippen MR) is 61.0 cm³/mol. The fourth-order valence-electron chi connectivity index (χ4n) is 1.55.